The van der Waals surface area contributed by atoms with Crippen molar-refractivity contribution in [1.82, 2.24) is 10.7 Å². The van der Waals surface area contributed by atoms with E-state index in [2.05, 4.69) is 15.7 Å². The smallest absolute Gasteiger partial charge is 0.338 e. The minimum Gasteiger partial charge on any atom is -0.490 e. The van der Waals surface area contributed by atoms with Crippen molar-refractivity contribution in [2.75, 3.05) is 13.2 Å². The molecule has 0 spiro atoms. The SMILES string of the molecule is CC1CCC2=C(O1)c1ccccc1C(=Nc1ccc(C(=O)OCCNC(=O)CCC(NN)C(N)=O)cc1)C2=O. The summed E-state index contributed by atoms with van der Waals surface area (Å²) < 4.78 is 11.2. The topological polar surface area (TPSA) is 175 Å². The Bertz CT molecular complexity index is 1330. The third-order valence-corrected chi connectivity index (χ3v) is 6.52. The summed E-state index contributed by atoms with van der Waals surface area (Å²) in [7, 11) is 0. The maximum atomic E-state index is 13.3. The third kappa shape index (κ3) is 6.57. The number of rotatable bonds is 10. The van der Waals surface area contributed by atoms with Crippen LogP contribution in [0.25, 0.3) is 5.76 Å². The molecule has 0 bridgehead atoms. The molecule has 1 aliphatic heterocycles. The van der Waals surface area contributed by atoms with Gasteiger partial charge in [0.25, 0.3) is 0 Å². The Balaban J connectivity index is 1.34. The number of hydrazine groups is 1. The fourth-order valence-electron chi connectivity index (χ4n) is 4.39. The van der Waals surface area contributed by atoms with Gasteiger partial charge in [-0.05, 0) is 50.5 Å². The molecule has 0 radical (unpaired) electrons. The van der Waals surface area contributed by atoms with Gasteiger partial charge < -0.3 is 20.5 Å². The van der Waals surface area contributed by atoms with E-state index < -0.39 is 17.9 Å². The summed E-state index contributed by atoms with van der Waals surface area (Å²) in [4.78, 5) is 53.3. The molecule has 4 rings (SSSR count). The number of nitrogens with one attached hydrogen (secondary N) is 2. The lowest BCUT2D eigenvalue weighted by molar-refractivity contribution is -0.122. The second-order valence-electron chi connectivity index (χ2n) is 9.30. The molecule has 1 aliphatic carbocycles. The summed E-state index contributed by atoms with van der Waals surface area (Å²) in [5.41, 5.74) is 10.8. The lowest BCUT2D eigenvalue weighted by Gasteiger charge is -2.30. The lowest BCUT2D eigenvalue weighted by Crippen LogP contribution is -2.45. The number of ketones is 1. The van der Waals surface area contributed by atoms with Gasteiger partial charge in [-0.3, -0.25) is 20.2 Å². The Morgan fingerprint density at radius 3 is 2.54 bits per heavy atom. The van der Waals surface area contributed by atoms with E-state index in [0.29, 0.717) is 40.3 Å². The number of esters is 1. The van der Waals surface area contributed by atoms with Gasteiger partial charge in [0.15, 0.2) is 0 Å². The molecule has 0 saturated heterocycles. The van der Waals surface area contributed by atoms with Crippen molar-refractivity contribution in [3.05, 3.63) is 70.8 Å². The Kier molecular flexibility index (Phi) is 8.84. The first kappa shape index (κ1) is 27.7. The predicted octanol–water partition coefficient (Wildman–Crippen LogP) is 1.67. The highest BCUT2D eigenvalue weighted by Gasteiger charge is 2.35. The minimum absolute atomic E-state index is 0.0352. The molecular weight excluding hydrogens is 502 g/mol. The van der Waals surface area contributed by atoms with E-state index in [0.717, 1.165) is 12.0 Å². The van der Waals surface area contributed by atoms with Crippen LogP contribution in [-0.2, 0) is 23.9 Å². The van der Waals surface area contributed by atoms with E-state index >= 15 is 0 Å². The van der Waals surface area contributed by atoms with Crippen LogP contribution < -0.4 is 22.3 Å². The number of aliphatic imine (C=N–C) groups is 1. The van der Waals surface area contributed by atoms with Gasteiger partial charge in [0, 0.05) is 23.1 Å². The molecule has 1 heterocycles. The molecule has 0 saturated carbocycles. The second-order valence-corrected chi connectivity index (χ2v) is 9.30. The highest BCUT2D eigenvalue weighted by molar-refractivity contribution is 6.54. The van der Waals surface area contributed by atoms with Crippen molar-refractivity contribution in [2.45, 2.75) is 44.8 Å². The largest absolute Gasteiger partial charge is 0.490 e. The van der Waals surface area contributed by atoms with E-state index in [9.17, 15) is 19.2 Å². The van der Waals surface area contributed by atoms with Gasteiger partial charge in [-0.15, -0.1) is 0 Å². The number of Topliss-reactive ketones (excluding diaryl/α,β-unsaturated/α-hetero) is 1. The Hall–Kier alpha value is -4.35. The first-order valence-electron chi connectivity index (χ1n) is 12.7. The molecule has 2 atom stereocenters. The molecule has 11 nitrogen and oxygen atoms in total. The fourth-order valence-corrected chi connectivity index (χ4v) is 4.39. The Labute approximate surface area is 225 Å². The van der Waals surface area contributed by atoms with Gasteiger partial charge in [-0.2, -0.15) is 0 Å². The Morgan fingerprint density at radius 2 is 1.85 bits per heavy atom. The number of allylic oxidation sites excluding steroid dienone is 1. The highest BCUT2D eigenvalue weighted by Crippen LogP contribution is 2.38. The van der Waals surface area contributed by atoms with E-state index in [4.69, 9.17) is 21.1 Å². The molecule has 6 N–H and O–H groups in total. The molecular formula is C28H31N5O6. The van der Waals surface area contributed by atoms with E-state index in [1.165, 1.54) is 0 Å². The second kappa shape index (κ2) is 12.5. The van der Waals surface area contributed by atoms with Gasteiger partial charge in [-0.1, -0.05) is 24.3 Å². The first-order chi connectivity index (χ1) is 18.8. The number of benzene rings is 2. The van der Waals surface area contributed by atoms with Crippen molar-refractivity contribution in [3.8, 4) is 0 Å². The number of ether oxygens (including phenoxy) is 2. The number of fused-ring (bicyclic) bond motifs is 2. The average molecular weight is 534 g/mol. The number of amides is 2. The van der Waals surface area contributed by atoms with Crippen LogP contribution in [0.1, 0.15) is 54.1 Å². The summed E-state index contributed by atoms with van der Waals surface area (Å²) in [5.74, 6) is 4.17. The monoisotopic (exact) mass is 533 g/mol. The van der Waals surface area contributed by atoms with Crippen molar-refractivity contribution >= 4 is 40.7 Å². The molecule has 2 aromatic rings. The van der Waals surface area contributed by atoms with Crippen LogP contribution in [0.2, 0.25) is 0 Å². The number of nitrogens with two attached hydrogens (primary N) is 2. The van der Waals surface area contributed by atoms with Crippen LogP contribution in [0, 0.1) is 0 Å². The van der Waals surface area contributed by atoms with Gasteiger partial charge in [0.1, 0.15) is 18.1 Å². The van der Waals surface area contributed by atoms with Gasteiger partial charge in [0.05, 0.1) is 29.9 Å². The summed E-state index contributed by atoms with van der Waals surface area (Å²) in [5, 5.41) is 2.60. The van der Waals surface area contributed by atoms with Gasteiger partial charge in [-0.25, -0.2) is 15.2 Å². The molecule has 0 fully saturated rings. The van der Waals surface area contributed by atoms with E-state index in [1.54, 1.807) is 24.3 Å². The van der Waals surface area contributed by atoms with Crippen LogP contribution in [-0.4, -0.2) is 54.6 Å². The standard InChI is InChI=1S/C28H31N5O6/c1-16-6-11-21-25(35)24(19-4-2-3-5-20(19)26(21)39-16)32-18-9-7-17(8-10-18)28(37)38-15-14-31-23(34)13-12-22(33-30)27(29)36/h2-5,7-10,16,22,33H,6,11-15,30H2,1H3,(H2,29,36)(H,31,34). The normalized spacial score (nSPS) is 18.1. The van der Waals surface area contributed by atoms with Gasteiger partial charge >= 0.3 is 5.97 Å². The van der Waals surface area contributed by atoms with Crippen LogP contribution in [0.4, 0.5) is 5.69 Å². The molecule has 204 valence electrons. The van der Waals surface area contributed by atoms with Crippen molar-refractivity contribution < 1.29 is 28.7 Å². The van der Waals surface area contributed by atoms with Crippen molar-refractivity contribution in [1.29, 1.82) is 0 Å². The quantitative estimate of drug-likeness (QED) is 0.154. The molecule has 39 heavy (non-hydrogen) atoms. The number of primary amides is 1. The summed E-state index contributed by atoms with van der Waals surface area (Å²) in [6, 6.07) is 13.2. The van der Waals surface area contributed by atoms with Crippen LogP contribution in [0.5, 0.6) is 0 Å². The molecule has 2 aliphatic rings. The number of hydrogen-bond donors (Lipinski definition) is 4. The number of carbonyl (C=O) groups is 4. The minimum atomic E-state index is -0.799. The van der Waals surface area contributed by atoms with Gasteiger partial charge in [0.2, 0.25) is 17.6 Å². The number of nitrogens with zero attached hydrogens (tertiary/aromatic N) is 1. The average Bonchev–Trinajstić information content (AvgIpc) is 2.93. The summed E-state index contributed by atoms with van der Waals surface area (Å²) in [6.07, 6.45) is 1.63. The molecule has 0 aromatic heterocycles. The highest BCUT2D eigenvalue weighted by atomic mass is 16.5. The van der Waals surface area contributed by atoms with E-state index in [-0.39, 0.29) is 43.8 Å². The fraction of sp³-hybridized carbons (Fsp3) is 0.321. The van der Waals surface area contributed by atoms with Crippen molar-refractivity contribution in [2.24, 2.45) is 16.6 Å². The lowest BCUT2D eigenvalue weighted by atomic mass is 9.84. The molecule has 11 heteroatoms. The first-order valence-corrected chi connectivity index (χ1v) is 12.7. The van der Waals surface area contributed by atoms with Crippen LogP contribution in [0.15, 0.2) is 59.1 Å². The maximum absolute atomic E-state index is 13.3. The zero-order chi connectivity index (χ0) is 27.9. The number of carbonyl (C=O) groups excluding carboxylic acids is 4. The number of hydrogen-bond acceptors (Lipinski definition) is 9. The maximum Gasteiger partial charge on any atom is 0.338 e. The van der Waals surface area contributed by atoms with Crippen LogP contribution in [0.3, 0.4) is 0 Å². The summed E-state index contributed by atoms with van der Waals surface area (Å²) >= 11 is 0. The summed E-state index contributed by atoms with van der Waals surface area (Å²) in [6.45, 7) is 2.06. The van der Waals surface area contributed by atoms with E-state index in [1.807, 2.05) is 31.2 Å². The molecule has 2 aromatic carbocycles. The van der Waals surface area contributed by atoms with Crippen LogP contribution >= 0.6 is 0 Å². The molecule has 2 unspecified atom stereocenters. The zero-order valence-corrected chi connectivity index (χ0v) is 21.6. The third-order valence-electron chi connectivity index (χ3n) is 6.52. The molecule has 2 amide bonds. The predicted molar refractivity (Wildman–Crippen MR) is 144 cm³/mol. The zero-order valence-electron chi connectivity index (χ0n) is 21.6. The Morgan fingerprint density at radius 1 is 1.13 bits per heavy atom. The van der Waals surface area contributed by atoms with Crippen molar-refractivity contribution in [3.63, 3.8) is 0 Å².